The van der Waals surface area contributed by atoms with Crippen LogP contribution in [-0.4, -0.2) is 6.54 Å². The summed E-state index contributed by atoms with van der Waals surface area (Å²) in [5.41, 5.74) is 3.52. The summed E-state index contributed by atoms with van der Waals surface area (Å²) >= 11 is 16.0. The molecule has 2 nitrogen and oxygen atoms in total. The van der Waals surface area contributed by atoms with Crippen molar-refractivity contribution in [2.24, 2.45) is 0 Å². The number of benzene rings is 2. The van der Waals surface area contributed by atoms with Crippen LogP contribution in [0.3, 0.4) is 0 Å². The first-order valence-electron chi connectivity index (χ1n) is 9.36. The standard InChI is InChI=1S/C22H24BrCl2NO/c23-18-9-10-22(27-15-19-20(24)7-4-8-21(19)25)17(13-18)14-26-12-11-16-5-2-1-3-6-16/h4-5,7-10,13,26H,1-3,6,11-12,14-15H2. The summed E-state index contributed by atoms with van der Waals surface area (Å²) in [5, 5.41) is 4.79. The van der Waals surface area contributed by atoms with Crippen LogP contribution >= 0.6 is 39.1 Å². The van der Waals surface area contributed by atoms with Gasteiger partial charge in [-0.15, -0.1) is 0 Å². The van der Waals surface area contributed by atoms with Crippen molar-refractivity contribution in [3.05, 3.63) is 73.7 Å². The first-order valence-corrected chi connectivity index (χ1v) is 10.9. The quantitative estimate of drug-likeness (QED) is 0.323. The second kappa shape index (κ2) is 10.5. The molecular formula is C22H24BrCl2NO. The SMILES string of the molecule is Clc1cccc(Cl)c1COc1ccc(Br)cc1CNCCC1=CCCCC1. The molecule has 0 fully saturated rings. The van der Waals surface area contributed by atoms with E-state index in [-0.39, 0.29) is 0 Å². The Balaban J connectivity index is 1.58. The molecule has 0 spiro atoms. The summed E-state index contributed by atoms with van der Waals surface area (Å²) in [4.78, 5) is 0. The fourth-order valence-corrected chi connectivity index (χ4v) is 4.17. The van der Waals surface area contributed by atoms with Crippen LogP contribution < -0.4 is 10.1 Å². The lowest BCUT2D eigenvalue weighted by Gasteiger charge is -2.15. The fourth-order valence-electron chi connectivity index (χ4n) is 3.25. The first kappa shape index (κ1) is 20.7. The van der Waals surface area contributed by atoms with Crippen LogP contribution in [0.25, 0.3) is 0 Å². The van der Waals surface area contributed by atoms with E-state index in [0.29, 0.717) is 16.7 Å². The Morgan fingerprint density at radius 2 is 1.89 bits per heavy atom. The topological polar surface area (TPSA) is 21.3 Å². The van der Waals surface area contributed by atoms with E-state index in [4.69, 9.17) is 27.9 Å². The molecule has 1 aliphatic carbocycles. The van der Waals surface area contributed by atoms with Gasteiger partial charge in [0.25, 0.3) is 0 Å². The predicted octanol–water partition coefficient (Wildman–Crippen LogP) is 7.32. The highest BCUT2D eigenvalue weighted by atomic mass is 79.9. The fraction of sp³-hybridized carbons (Fsp3) is 0.364. The van der Waals surface area contributed by atoms with Crippen molar-refractivity contribution >= 4 is 39.1 Å². The van der Waals surface area contributed by atoms with Gasteiger partial charge in [-0.3, -0.25) is 0 Å². The first-order chi connectivity index (χ1) is 13.1. The van der Waals surface area contributed by atoms with E-state index in [2.05, 4.69) is 33.4 Å². The van der Waals surface area contributed by atoms with Gasteiger partial charge in [0.15, 0.2) is 0 Å². The second-order valence-electron chi connectivity index (χ2n) is 6.78. The third kappa shape index (κ3) is 6.25. The van der Waals surface area contributed by atoms with E-state index in [9.17, 15) is 0 Å². The average molecular weight is 469 g/mol. The number of hydrogen-bond acceptors (Lipinski definition) is 2. The van der Waals surface area contributed by atoms with E-state index in [1.807, 2.05) is 30.3 Å². The molecule has 2 aromatic carbocycles. The third-order valence-electron chi connectivity index (χ3n) is 4.78. The number of nitrogens with one attached hydrogen (secondary N) is 1. The highest BCUT2D eigenvalue weighted by molar-refractivity contribution is 9.10. The third-order valence-corrected chi connectivity index (χ3v) is 5.98. The molecule has 0 aromatic heterocycles. The van der Waals surface area contributed by atoms with Gasteiger partial charge in [0, 0.05) is 32.2 Å². The Hall–Kier alpha value is -1.00. The average Bonchev–Trinajstić information content (AvgIpc) is 2.67. The zero-order valence-corrected chi connectivity index (χ0v) is 18.3. The van der Waals surface area contributed by atoms with Crippen LogP contribution in [0, 0.1) is 0 Å². The number of allylic oxidation sites excluding steroid dienone is 1. The minimum Gasteiger partial charge on any atom is -0.488 e. The molecule has 0 heterocycles. The van der Waals surface area contributed by atoms with Crippen molar-refractivity contribution in [3.8, 4) is 5.75 Å². The van der Waals surface area contributed by atoms with Crippen molar-refractivity contribution in [2.75, 3.05) is 6.54 Å². The highest BCUT2D eigenvalue weighted by Gasteiger charge is 2.10. The molecule has 0 saturated heterocycles. The molecule has 144 valence electrons. The number of halogens is 3. The Kier molecular flexibility index (Phi) is 8.07. The number of hydrogen-bond donors (Lipinski definition) is 1. The van der Waals surface area contributed by atoms with E-state index in [0.717, 1.165) is 40.9 Å². The zero-order valence-electron chi connectivity index (χ0n) is 15.2. The molecule has 0 aliphatic heterocycles. The molecule has 0 bridgehead atoms. The number of ether oxygens (including phenoxy) is 1. The molecule has 0 radical (unpaired) electrons. The molecule has 0 saturated carbocycles. The lowest BCUT2D eigenvalue weighted by atomic mass is 9.97. The van der Waals surface area contributed by atoms with Crippen LogP contribution in [0.2, 0.25) is 10.0 Å². The largest absolute Gasteiger partial charge is 0.488 e. The van der Waals surface area contributed by atoms with Crippen molar-refractivity contribution in [2.45, 2.75) is 45.3 Å². The monoisotopic (exact) mass is 467 g/mol. The second-order valence-corrected chi connectivity index (χ2v) is 8.51. The van der Waals surface area contributed by atoms with Gasteiger partial charge in [-0.1, -0.05) is 56.8 Å². The zero-order chi connectivity index (χ0) is 19.1. The van der Waals surface area contributed by atoms with Gasteiger partial charge < -0.3 is 10.1 Å². The van der Waals surface area contributed by atoms with Gasteiger partial charge in [-0.25, -0.2) is 0 Å². The molecule has 3 rings (SSSR count). The predicted molar refractivity (Wildman–Crippen MR) is 118 cm³/mol. The van der Waals surface area contributed by atoms with Crippen LogP contribution in [-0.2, 0) is 13.2 Å². The van der Waals surface area contributed by atoms with Crippen molar-refractivity contribution < 1.29 is 4.74 Å². The number of rotatable bonds is 8. The van der Waals surface area contributed by atoms with Gasteiger partial charge in [-0.2, -0.15) is 0 Å². The minimum absolute atomic E-state index is 0.347. The van der Waals surface area contributed by atoms with Gasteiger partial charge in [0.1, 0.15) is 12.4 Å². The smallest absolute Gasteiger partial charge is 0.124 e. The lowest BCUT2D eigenvalue weighted by Crippen LogP contribution is -2.16. The van der Waals surface area contributed by atoms with Gasteiger partial charge in [0.2, 0.25) is 0 Å². The maximum Gasteiger partial charge on any atom is 0.124 e. The molecule has 2 aromatic rings. The van der Waals surface area contributed by atoms with Crippen LogP contribution in [0.1, 0.15) is 43.2 Å². The molecule has 27 heavy (non-hydrogen) atoms. The van der Waals surface area contributed by atoms with E-state index >= 15 is 0 Å². The van der Waals surface area contributed by atoms with Crippen LogP contribution in [0.5, 0.6) is 5.75 Å². The molecule has 0 unspecified atom stereocenters. The van der Waals surface area contributed by atoms with Crippen LogP contribution in [0.4, 0.5) is 0 Å². The van der Waals surface area contributed by atoms with Crippen molar-refractivity contribution in [3.63, 3.8) is 0 Å². The Bertz CT molecular complexity index is 787. The Morgan fingerprint density at radius 1 is 1.07 bits per heavy atom. The maximum absolute atomic E-state index is 6.25. The summed E-state index contributed by atoms with van der Waals surface area (Å²) in [6.45, 7) is 2.09. The lowest BCUT2D eigenvalue weighted by molar-refractivity contribution is 0.302. The highest BCUT2D eigenvalue weighted by Crippen LogP contribution is 2.28. The Labute approximate surface area is 180 Å². The van der Waals surface area contributed by atoms with Crippen LogP contribution in [0.15, 0.2) is 52.5 Å². The molecule has 5 heteroatoms. The normalized spacial score (nSPS) is 14.1. The van der Waals surface area contributed by atoms with Gasteiger partial charge in [0.05, 0.1) is 0 Å². The molecule has 1 N–H and O–H groups in total. The van der Waals surface area contributed by atoms with Crippen molar-refractivity contribution in [1.29, 1.82) is 0 Å². The molecular weight excluding hydrogens is 445 g/mol. The molecule has 1 aliphatic rings. The summed E-state index contributed by atoms with van der Waals surface area (Å²) in [6, 6.07) is 11.6. The summed E-state index contributed by atoms with van der Waals surface area (Å²) < 4.78 is 7.09. The van der Waals surface area contributed by atoms with E-state index in [1.54, 1.807) is 5.57 Å². The van der Waals surface area contributed by atoms with Gasteiger partial charge in [-0.05, 0) is 69.0 Å². The maximum atomic E-state index is 6.25. The van der Waals surface area contributed by atoms with Crippen molar-refractivity contribution in [1.82, 2.24) is 5.32 Å². The summed E-state index contributed by atoms with van der Waals surface area (Å²) in [6.07, 6.45) is 8.70. The summed E-state index contributed by atoms with van der Waals surface area (Å²) in [5.74, 6) is 0.846. The van der Waals surface area contributed by atoms with Gasteiger partial charge >= 0.3 is 0 Å². The summed E-state index contributed by atoms with van der Waals surface area (Å²) in [7, 11) is 0. The Morgan fingerprint density at radius 3 is 2.63 bits per heavy atom. The van der Waals surface area contributed by atoms with E-state index < -0.39 is 0 Å². The molecule has 0 amide bonds. The van der Waals surface area contributed by atoms with E-state index in [1.165, 1.54) is 25.7 Å². The molecule has 0 atom stereocenters. The minimum atomic E-state index is 0.347.